The molecule has 1 aliphatic rings. The molecule has 2 aromatic heterocycles. The van der Waals surface area contributed by atoms with Crippen LogP contribution < -0.4 is 10.6 Å². The lowest BCUT2D eigenvalue weighted by molar-refractivity contribution is 0.0903. The topological polar surface area (TPSA) is 72.0 Å². The van der Waals surface area contributed by atoms with E-state index in [4.69, 9.17) is 16.3 Å². The number of benzene rings is 1. The van der Waals surface area contributed by atoms with Gasteiger partial charge in [-0.15, -0.1) is 0 Å². The second-order valence-electron chi connectivity index (χ2n) is 6.36. The third-order valence-corrected chi connectivity index (χ3v) is 4.60. The van der Waals surface area contributed by atoms with Gasteiger partial charge in [0.05, 0.1) is 5.69 Å². The van der Waals surface area contributed by atoms with E-state index in [0.29, 0.717) is 17.0 Å². The van der Waals surface area contributed by atoms with Crippen molar-refractivity contribution in [3.8, 4) is 11.3 Å². The van der Waals surface area contributed by atoms with Crippen molar-refractivity contribution in [2.75, 3.05) is 23.8 Å². The predicted molar refractivity (Wildman–Crippen MR) is 107 cm³/mol. The zero-order valence-corrected chi connectivity index (χ0v) is 15.5. The summed E-state index contributed by atoms with van der Waals surface area (Å²) in [4.78, 5) is 13.4. The van der Waals surface area contributed by atoms with Gasteiger partial charge in [0, 0.05) is 47.9 Å². The van der Waals surface area contributed by atoms with Crippen LogP contribution in [0.15, 0.2) is 54.9 Å². The molecule has 3 aromatic rings. The summed E-state index contributed by atoms with van der Waals surface area (Å²) < 4.78 is 5.40. The lowest BCUT2D eigenvalue weighted by atomic mass is 10.1. The zero-order valence-electron chi connectivity index (χ0n) is 14.7. The second-order valence-corrected chi connectivity index (χ2v) is 6.80. The molecule has 2 N–H and O–H groups in total. The lowest BCUT2D eigenvalue weighted by Gasteiger charge is -2.23. The molecule has 27 heavy (non-hydrogen) atoms. The molecule has 0 saturated carbocycles. The molecule has 1 aliphatic heterocycles. The van der Waals surface area contributed by atoms with Crippen molar-refractivity contribution in [3.63, 3.8) is 0 Å². The molecule has 1 saturated heterocycles. The summed E-state index contributed by atoms with van der Waals surface area (Å²) in [7, 11) is 0. The van der Waals surface area contributed by atoms with E-state index in [0.717, 1.165) is 48.8 Å². The minimum absolute atomic E-state index is 0.353. The number of hydrogen-bond donors (Lipinski definition) is 2. The smallest absolute Gasteiger partial charge is 0.223 e. The number of nitrogens with one attached hydrogen (secondary N) is 2. The number of pyridine rings is 1. The fourth-order valence-corrected chi connectivity index (χ4v) is 3.18. The molecular formula is C20H20ClN5O. The molecule has 0 unspecified atom stereocenters. The van der Waals surface area contributed by atoms with E-state index in [1.807, 2.05) is 42.5 Å². The van der Waals surface area contributed by atoms with Crippen molar-refractivity contribution in [3.05, 3.63) is 59.9 Å². The minimum Gasteiger partial charge on any atom is -0.381 e. The number of aromatic nitrogens is 3. The number of anilines is 3. The van der Waals surface area contributed by atoms with E-state index in [-0.39, 0.29) is 0 Å². The van der Waals surface area contributed by atoms with Gasteiger partial charge in [-0.2, -0.15) is 0 Å². The molecular weight excluding hydrogens is 362 g/mol. The highest BCUT2D eigenvalue weighted by Crippen LogP contribution is 2.24. The Hall–Kier alpha value is -2.70. The van der Waals surface area contributed by atoms with Crippen LogP contribution in [-0.4, -0.2) is 34.2 Å². The Morgan fingerprint density at radius 2 is 1.85 bits per heavy atom. The van der Waals surface area contributed by atoms with E-state index in [1.165, 1.54) is 0 Å². The van der Waals surface area contributed by atoms with Gasteiger partial charge in [0.25, 0.3) is 0 Å². The maximum atomic E-state index is 6.04. The van der Waals surface area contributed by atoms with Crippen LogP contribution in [0.25, 0.3) is 11.3 Å². The zero-order chi connectivity index (χ0) is 18.5. The third-order valence-electron chi connectivity index (χ3n) is 4.36. The molecule has 138 valence electrons. The highest BCUT2D eigenvalue weighted by molar-refractivity contribution is 6.30. The average Bonchev–Trinajstić information content (AvgIpc) is 2.69. The number of halogens is 1. The van der Waals surface area contributed by atoms with Gasteiger partial charge >= 0.3 is 0 Å². The van der Waals surface area contributed by atoms with E-state index < -0.39 is 0 Å². The first-order valence-corrected chi connectivity index (χ1v) is 9.30. The Labute approximate surface area is 163 Å². The van der Waals surface area contributed by atoms with Gasteiger partial charge in [-0.3, -0.25) is 0 Å². The molecule has 0 atom stereocenters. The van der Waals surface area contributed by atoms with Crippen LogP contribution in [0, 0.1) is 0 Å². The molecule has 1 fully saturated rings. The standard InChI is InChI=1S/C20H20ClN5O/c21-15-2-1-3-17(13-15)24-19-12-14(4-8-22-19)18-5-9-23-20(26-18)25-16-6-10-27-11-7-16/h1-5,8-9,12-13,16H,6-7,10-11H2,(H,22,24)(H,23,25,26). The van der Waals surface area contributed by atoms with Gasteiger partial charge in [0.1, 0.15) is 5.82 Å². The summed E-state index contributed by atoms with van der Waals surface area (Å²) in [5.41, 5.74) is 2.69. The first-order chi connectivity index (χ1) is 13.3. The Balaban J connectivity index is 1.52. The van der Waals surface area contributed by atoms with E-state index in [9.17, 15) is 0 Å². The third kappa shape index (κ3) is 4.72. The normalized spacial score (nSPS) is 14.7. The van der Waals surface area contributed by atoms with E-state index in [1.54, 1.807) is 12.4 Å². The monoisotopic (exact) mass is 381 g/mol. The van der Waals surface area contributed by atoms with Gasteiger partial charge in [-0.05, 0) is 49.2 Å². The Bertz CT molecular complexity index is 914. The van der Waals surface area contributed by atoms with E-state index >= 15 is 0 Å². The second kappa shape index (κ2) is 8.33. The van der Waals surface area contributed by atoms with Crippen LogP contribution in [0.2, 0.25) is 5.02 Å². The van der Waals surface area contributed by atoms with Crippen molar-refractivity contribution >= 4 is 29.1 Å². The number of ether oxygens (including phenoxy) is 1. The molecule has 3 heterocycles. The first-order valence-electron chi connectivity index (χ1n) is 8.93. The van der Waals surface area contributed by atoms with Crippen LogP contribution in [0.1, 0.15) is 12.8 Å². The molecule has 0 bridgehead atoms. The van der Waals surface area contributed by atoms with Crippen molar-refractivity contribution in [1.29, 1.82) is 0 Å². The largest absolute Gasteiger partial charge is 0.381 e. The Kier molecular flexibility index (Phi) is 5.46. The summed E-state index contributed by atoms with van der Waals surface area (Å²) in [6, 6.07) is 13.7. The molecule has 0 radical (unpaired) electrons. The molecule has 0 spiro atoms. The van der Waals surface area contributed by atoms with Gasteiger partial charge in [0.15, 0.2) is 0 Å². The molecule has 7 heteroatoms. The highest BCUT2D eigenvalue weighted by Gasteiger charge is 2.14. The van der Waals surface area contributed by atoms with Crippen LogP contribution in [0.5, 0.6) is 0 Å². The van der Waals surface area contributed by atoms with Gasteiger partial charge in [-0.1, -0.05) is 17.7 Å². The van der Waals surface area contributed by atoms with Gasteiger partial charge < -0.3 is 15.4 Å². The fraction of sp³-hybridized carbons (Fsp3) is 0.250. The summed E-state index contributed by atoms with van der Waals surface area (Å²) in [5.74, 6) is 1.37. The van der Waals surface area contributed by atoms with Crippen molar-refractivity contribution < 1.29 is 4.74 Å². The minimum atomic E-state index is 0.353. The predicted octanol–water partition coefficient (Wildman–Crippen LogP) is 4.53. The Morgan fingerprint density at radius 3 is 2.70 bits per heavy atom. The Morgan fingerprint density at radius 1 is 1.00 bits per heavy atom. The number of hydrogen-bond acceptors (Lipinski definition) is 6. The summed E-state index contributed by atoms with van der Waals surface area (Å²) >= 11 is 6.04. The average molecular weight is 382 g/mol. The molecule has 1 aromatic carbocycles. The molecule has 6 nitrogen and oxygen atoms in total. The van der Waals surface area contributed by atoms with Gasteiger partial charge in [-0.25, -0.2) is 15.0 Å². The lowest BCUT2D eigenvalue weighted by Crippen LogP contribution is -2.28. The number of nitrogens with zero attached hydrogens (tertiary/aromatic N) is 3. The van der Waals surface area contributed by atoms with Crippen LogP contribution in [0.4, 0.5) is 17.5 Å². The SMILES string of the molecule is Clc1cccc(Nc2cc(-c3ccnc(NC4CCOCC4)n3)ccn2)c1. The molecule has 0 aliphatic carbocycles. The maximum Gasteiger partial charge on any atom is 0.223 e. The fourth-order valence-electron chi connectivity index (χ4n) is 2.99. The van der Waals surface area contributed by atoms with Crippen LogP contribution >= 0.6 is 11.6 Å². The summed E-state index contributed by atoms with van der Waals surface area (Å²) in [6.45, 7) is 1.56. The first kappa shape index (κ1) is 17.7. The molecule has 4 rings (SSSR count). The van der Waals surface area contributed by atoms with Crippen molar-refractivity contribution in [1.82, 2.24) is 15.0 Å². The van der Waals surface area contributed by atoms with Crippen molar-refractivity contribution in [2.24, 2.45) is 0 Å². The number of rotatable bonds is 5. The summed E-state index contributed by atoms with van der Waals surface area (Å²) in [6.07, 6.45) is 5.47. The highest BCUT2D eigenvalue weighted by atomic mass is 35.5. The van der Waals surface area contributed by atoms with Crippen LogP contribution in [0.3, 0.4) is 0 Å². The quantitative estimate of drug-likeness (QED) is 0.676. The van der Waals surface area contributed by atoms with Gasteiger partial charge in [0.2, 0.25) is 5.95 Å². The van der Waals surface area contributed by atoms with E-state index in [2.05, 4.69) is 25.6 Å². The van der Waals surface area contributed by atoms with Crippen LogP contribution in [-0.2, 0) is 4.74 Å². The maximum absolute atomic E-state index is 6.04. The van der Waals surface area contributed by atoms with Crippen molar-refractivity contribution in [2.45, 2.75) is 18.9 Å². The summed E-state index contributed by atoms with van der Waals surface area (Å²) in [5, 5.41) is 7.35. The molecule has 0 amide bonds.